The molecule has 0 saturated carbocycles. The van der Waals surface area contributed by atoms with E-state index in [1.165, 1.54) is 24.3 Å². The second-order valence-corrected chi connectivity index (χ2v) is 11.9. The van der Waals surface area contributed by atoms with Gasteiger partial charge in [-0.1, -0.05) is 36.8 Å². The number of ether oxygens (including phenoxy) is 1. The SMILES string of the molecule is CCN(Cc1cc(C(F)(F)F)ccc1Oc1cccc(CC(=O)O)c1)S(=O)(=O)c1ccc(N(C)c2ccc(C)cc2)cc1. The number of nitrogens with zero attached hydrogens (tertiary/aromatic N) is 2. The molecule has 7 nitrogen and oxygen atoms in total. The third-order valence-electron chi connectivity index (χ3n) is 6.85. The van der Waals surface area contributed by atoms with E-state index in [9.17, 15) is 26.4 Å². The summed E-state index contributed by atoms with van der Waals surface area (Å²) in [6, 6.07) is 23.2. The minimum atomic E-state index is -4.66. The molecule has 0 unspecified atom stereocenters. The maximum absolute atomic E-state index is 13.6. The zero-order valence-electron chi connectivity index (χ0n) is 23.8. The maximum atomic E-state index is 13.6. The number of aryl methyl sites for hydroxylation is 1. The fraction of sp³-hybridized carbons (Fsp3) is 0.219. The zero-order valence-corrected chi connectivity index (χ0v) is 24.6. The highest BCUT2D eigenvalue weighted by Crippen LogP contribution is 2.36. The predicted octanol–water partition coefficient (Wildman–Crippen LogP) is 7.41. The van der Waals surface area contributed by atoms with Gasteiger partial charge in [0.15, 0.2) is 0 Å². The lowest BCUT2D eigenvalue weighted by atomic mass is 10.1. The van der Waals surface area contributed by atoms with Crippen LogP contribution in [0.5, 0.6) is 11.5 Å². The quantitative estimate of drug-likeness (QED) is 0.190. The highest BCUT2D eigenvalue weighted by atomic mass is 32.2. The van der Waals surface area contributed by atoms with E-state index in [0.717, 1.165) is 39.4 Å². The van der Waals surface area contributed by atoms with Gasteiger partial charge < -0.3 is 14.7 Å². The number of sulfonamides is 1. The van der Waals surface area contributed by atoms with Gasteiger partial charge in [-0.3, -0.25) is 4.79 Å². The Morgan fingerprint density at radius 2 is 1.53 bits per heavy atom. The summed E-state index contributed by atoms with van der Waals surface area (Å²) in [5.74, 6) is -0.825. The van der Waals surface area contributed by atoms with Crippen LogP contribution < -0.4 is 9.64 Å². The molecule has 0 fully saturated rings. The van der Waals surface area contributed by atoms with Gasteiger partial charge in [0.25, 0.3) is 0 Å². The van der Waals surface area contributed by atoms with E-state index in [2.05, 4.69) is 0 Å². The van der Waals surface area contributed by atoms with Crippen molar-refractivity contribution < 1.29 is 36.2 Å². The van der Waals surface area contributed by atoms with Crippen LogP contribution >= 0.6 is 0 Å². The topological polar surface area (TPSA) is 87.1 Å². The monoisotopic (exact) mass is 612 g/mol. The van der Waals surface area contributed by atoms with Crippen LogP contribution in [-0.4, -0.2) is 37.4 Å². The van der Waals surface area contributed by atoms with Crippen molar-refractivity contribution in [2.24, 2.45) is 0 Å². The Kier molecular flexibility index (Phi) is 9.46. The second kappa shape index (κ2) is 12.9. The molecule has 0 heterocycles. The van der Waals surface area contributed by atoms with E-state index >= 15 is 0 Å². The number of anilines is 2. The maximum Gasteiger partial charge on any atom is 0.416 e. The number of alkyl halides is 3. The van der Waals surface area contributed by atoms with Gasteiger partial charge in [-0.05, 0) is 79.2 Å². The van der Waals surface area contributed by atoms with Gasteiger partial charge in [0.1, 0.15) is 11.5 Å². The summed E-state index contributed by atoms with van der Waals surface area (Å²) in [7, 11) is -2.25. The van der Waals surface area contributed by atoms with Crippen LogP contribution in [0.2, 0.25) is 0 Å². The molecule has 226 valence electrons. The van der Waals surface area contributed by atoms with E-state index in [0.29, 0.717) is 5.56 Å². The van der Waals surface area contributed by atoms with Crippen molar-refractivity contribution in [2.75, 3.05) is 18.5 Å². The molecule has 0 amide bonds. The molecule has 0 saturated heterocycles. The number of carboxylic acids is 1. The van der Waals surface area contributed by atoms with E-state index in [-0.39, 0.29) is 34.9 Å². The number of hydrogen-bond donors (Lipinski definition) is 1. The van der Waals surface area contributed by atoms with Crippen LogP contribution in [0.3, 0.4) is 0 Å². The van der Waals surface area contributed by atoms with Gasteiger partial charge in [0, 0.05) is 37.1 Å². The number of carboxylic acid groups (broad SMARTS) is 1. The smallest absolute Gasteiger partial charge is 0.416 e. The normalized spacial score (nSPS) is 11.9. The molecule has 0 spiro atoms. The third kappa shape index (κ3) is 7.74. The highest BCUT2D eigenvalue weighted by Gasteiger charge is 2.32. The first-order valence-electron chi connectivity index (χ1n) is 13.4. The van der Waals surface area contributed by atoms with Crippen molar-refractivity contribution in [1.82, 2.24) is 4.31 Å². The Labute approximate surface area is 248 Å². The van der Waals surface area contributed by atoms with Crippen molar-refractivity contribution in [3.8, 4) is 11.5 Å². The number of aliphatic carboxylic acids is 1. The van der Waals surface area contributed by atoms with Crippen LogP contribution in [0.4, 0.5) is 24.5 Å². The fourth-order valence-electron chi connectivity index (χ4n) is 4.46. The summed E-state index contributed by atoms with van der Waals surface area (Å²) < 4.78 is 75.1. The number of carbonyl (C=O) groups is 1. The first-order chi connectivity index (χ1) is 20.3. The molecule has 0 bridgehead atoms. The van der Waals surface area contributed by atoms with Gasteiger partial charge in [-0.15, -0.1) is 0 Å². The van der Waals surface area contributed by atoms with Crippen LogP contribution in [0.15, 0.2) is 95.9 Å². The molecule has 43 heavy (non-hydrogen) atoms. The first kappa shape index (κ1) is 31.6. The fourth-order valence-corrected chi connectivity index (χ4v) is 5.89. The Hall–Kier alpha value is -4.35. The summed E-state index contributed by atoms with van der Waals surface area (Å²) >= 11 is 0. The summed E-state index contributed by atoms with van der Waals surface area (Å²) in [6.07, 6.45) is -4.93. The van der Waals surface area contributed by atoms with Crippen molar-refractivity contribution in [3.05, 3.63) is 113 Å². The zero-order chi connectivity index (χ0) is 31.4. The van der Waals surface area contributed by atoms with Gasteiger partial charge in [0.05, 0.1) is 16.9 Å². The molecule has 11 heteroatoms. The minimum absolute atomic E-state index is 0.000359. The molecule has 0 radical (unpaired) electrons. The molecule has 0 aromatic heterocycles. The van der Waals surface area contributed by atoms with Crippen LogP contribution in [0.25, 0.3) is 0 Å². The Morgan fingerprint density at radius 1 is 0.907 bits per heavy atom. The minimum Gasteiger partial charge on any atom is -0.481 e. The molecule has 0 aliphatic heterocycles. The van der Waals surface area contributed by atoms with E-state index in [1.54, 1.807) is 31.2 Å². The average Bonchev–Trinajstić information content (AvgIpc) is 2.96. The molecule has 0 aliphatic carbocycles. The molecule has 1 N–H and O–H groups in total. The highest BCUT2D eigenvalue weighted by molar-refractivity contribution is 7.89. The summed E-state index contributed by atoms with van der Waals surface area (Å²) in [5, 5.41) is 9.09. The number of hydrogen-bond acceptors (Lipinski definition) is 5. The first-order valence-corrected chi connectivity index (χ1v) is 14.8. The van der Waals surface area contributed by atoms with Crippen LogP contribution in [0, 0.1) is 6.92 Å². The van der Waals surface area contributed by atoms with E-state index < -0.39 is 34.3 Å². The van der Waals surface area contributed by atoms with Gasteiger partial charge in [-0.25, -0.2) is 8.42 Å². The van der Waals surface area contributed by atoms with Crippen molar-refractivity contribution >= 4 is 27.4 Å². The second-order valence-electron chi connectivity index (χ2n) is 9.96. The van der Waals surface area contributed by atoms with Gasteiger partial charge in [0.2, 0.25) is 10.0 Å². The lowest BCUT2D eigenvalue weighted by Crippen LogP contribution is -2.30. The summed E-state index contributed by atoms with van der Waals surface area (Å²) in [4.78, 5) is 13.0. The van der Waals surface area contributed by atoms with E-state index in [1.807, 2.05) is 43.1 Å². The van der Waals surface area contributed by atoms with Gasteiger partial charge in [-0.2, -0.15) is 17.5 Å². The number of benzene rings is 4. The van der Waals surface area contributed by atoms with E-state index in [4.69, 9.17) is 9.84 Å². The van der Waals surface area contributed by atoms with Gasteiger partial charge >= 0.3 is 12.1 Å². The van der Waals surface area contributed by atoms with Crippen LogP contribution in [-0.2, 0) is 34.0 Å². The van der Waals surface area contributed by atoms with Crippen molar-refractivity contribution in [2.45, 2.75) is 37.9 Å². The molecule has 4 aromatic carbocycles. The molecular formula is C32H31F3N2O5S. The summed E-state index contributed by atoms with van der Waals surface area (Å²) in [5.41, 5.74) is 2.27. The molecule has 0 atom stereocenters. The Balaban J connectivity index is 1.63. The Morgan fingerprint density at radius 3 is 2.12 bits per heavy atom. The van der Waals surface area contributed by atoms with Crippen molar-refractivity contribution in [3.63, 3.8) is 0 Å². The standard InChI is InChI=1S/C32H31F3N2O5S/c1-4-37(43(40,41)29-15-13-27(14-16-29)36(3)26-11-8-22(2)9-12-26)21-24-20-25(32(33,34)35)10-17-30(24)42-28-7-5-6-23(18-28)19-31(38)39/h5-18,20H,4,19,21H2,1-3H3,(H,38,39). The largest absolute Gasteiger partial charge is 0.481 e. The Bertz CT molecular complexity index is 1690. The van der Waals surface area contributed by atoms with Crippen molar-refractivity contribution in [1.29, 1.82) is 0 Å². The lowest BCUT2D eigenvalue weighted by molar-refractivity contribution is -0.138. The molecule has 4 rings (SSSR count). The molecule has 4 aromatic rings. The van der Waals surface area contributed by atoms with Crippen LogP contribution in [0.1, 0.15) is 29.2 Å². The number of rotatable bonds is 11. The predicted molar refractivity (Wildman–Crippen MR) is 158 cm³/mol. The summed E-state index contributed by atoms with van der Waals surface area (Å²) in [6.45, 7) is 3.17. The number of halogens is 3. The molecular weight excluding hydrogens is 581 g/mol. The lowest BCUT2D eigenvalue weighted by Gasteiger charge is -2.24. The third-order valence-corrected chi connectivity index (χ3v) is 8.79. The average molecular weight is 613 g/mol. The molecule has 0 aliphatic rings.